The number of nitrogens with zero attached hydrogens (tertiary/aromatic N) is 3. The Bertz CT molecular complexity index is 644. The van der Waals surface area contributed by atoms with E-state index < -0.39 is 11.7 Å². The number of nitrogens with one attached hydrogen (secondary N) is 1. The van der Waals surface area contributed by atoms with E-state index in [1.807, 2.05) is 0 Å². The molecule has 0 aliphatic carbocycles. The number of aromatic nitrogens is 3. The number of aryl methyl sites for hydroxylation is 2. The molecule has 19 heavy (non-hydrogen) atoms. The first-order chi connectivity index (χ1) is 8.97. The van der Waals surface area contributed by atoms with E-state index in [1.165, 1.54) is 12.1 Å². The first kappa shape index (κ1) is 12.9. The number of rotatable bonds is 2. The number of hydrogen-bond acceptors (Lipinski definition) is 5. The predicted molar refractivity (Wildman–Crippen MR) is 68.1 cm³/mol. The molecule has 1 aromatic heterocycles. The zero-order chi connectivity index (χ0) is 14.0. The molecule has 1 heterocycles. The van der Waals surface area contributed by atoms with Crippen molar-refractivity contribution in [3.63, 3.8) is 0 Å². The number of benzene rings is 1. The van der Waals surface area contributed by atoms with Crippen molar-refractivity contribution in [2.24, 2.45) is 0 Å². The topological polar surface area (TPSA) is 93.8 Å². The van der Waals surface area contributed by atoms with Gasteiger partial charge in [-0.15, -0.1) is 5.10 Å². The third kappa shape index (κ3) is 2.82. The quantitative estimate of drug-likeness (QED) is 0.798. The number of anilines is 2. The lowest BCUT2D eigenvalue weighted by molar-refractivity contribution is 0.102. The van der Waals surface area contributed by atoms with Gasteiger partial charge in [-0.05, 0) is 32.0 Å². The van der Waals surface area contributed by atoms with E-state index >= 15 is 0 Å². The van der Waals surface area contributed by atoms with E-state index in [4.69, 9.17) is 5.73 Å². The second-order valence-corrected chi connectivity index (χ2v) is 4.00. The van der Waals surface area contributed by atoms with Gasteiger partial charge in [0.25, 0.3) is 5.91 Å². The van der Waals surface area contributed by atoms with Crippen LogP contribution in [0.25, 0.3) is 0 Å². The minimum absolute atomic E-state index is 0.0231. The molecule has 0 aliphatic heterocycles. The molecule has 98 valence electrons. The molecule has 0 fully saturated rings. The third-order valence-electron chi connectivity index (χ3n) is 2.55. The van der Waals surface area contributed by atoms with Crippen LogP contribution in [0.5, 0.6) is 0 Å². The average Bonchev–Trinajstić information content (AvgIpc) is 2.36. The molecule has 0 bridgehead atoms. The van der Waals surface area contributed by atoms with Crippen molar-refractivity contribution in [2.45, 2.75) is 13.8 Å². The van der Waals surface area contributed by atoms with Gasteiger partial charge < -0.3 is 5.73 Å². The molecular weight excluding hydrogens is 249 g/mol. The summed E-state index contributed by atoms with van der Waals surface area (Å²) in [6.07, 6.45) is 0. The summed E-state index contributed by atoms with van der Waals surface area (Å²) in [4.78, 5) is 15.9. The number of hydrogen-bond donors (Lipinski definition) is 2. The van der Waals surface area contributed by atoms with Crippen LogP contribution < -0.4 is 11.1 Å². The summed E-state index contributed by atoms with van der Waals surface area (Å²) in [5, 5.41) is 9.90. The molecule has 0 aliphatic rings. The Balaban J connectivity index is 2.25. The fraction of sp³-hybridized carbons (Fsp3) is 0.167. The maximum atomic E-state index is 13.5. The number of carbonyl (C=O) groups excluding carboxylic acids is 1. The summed E-state index contributed by atoms with van der Waals surface area (Å²) in [6, 6.07) is 3.75. The summed E-state index contributed by atoms with van der Waals surface area (Å²) >= 11 is 0. The molecule has 7 heteroatoms. The lowest BCUT2D eigenvalue weighted by atomic mass is 10.2. The van der Waals surface area contributed by atoms with Crippen molar-refractivity contribution in [2.75, 3.05) is 11.1 Å². The summed E-state index contributed by atoms with van der Waals surface area (Å²) in [7, 11) is 0. The SMILES string of the molecule is Cc1nnc(NC(=O)c2cc(N)ccc2F)nc1C. The molecule has 0 radical (unpaired) electrons. The molecule has 2 rings (SSSR count). The van der Waals surface area contributed by atoms with E-state index in [1.54, 1.807) is 13.8 Å². The highest BCUT2D eigenvalue weighted by Crippen LogP contribution is 2.13. The van der Waals surface area contributed by atoms with Crippen molar-refractivity contribution >= 4 is 17.5 Å². The highest BCUT2D eigenvalue weighted by Gasteiger charge is 2.14. The fourth-order valence-corrected chi connectivity index (χ4v) is 1.40. The van der Waals surface area contributed by atoms with Crippen molar-refractivity contribution in [3.05, 3.63) is 41.0 Å². The molecule has 0 atom stereocenters. The Morgan fingerprint density at radius 2 is 2.00 bits per heavy atom. The Labute approximate surface area is 108 Å². The maximum Gasteiger partial charge on any atom is 0.261 e. The van der Waals surface area contributed by atoms with E-state index in [0.717, 1.165) is 6.07 Å². The number of nitrogens with two attached hydrogens (primary N) is 1. The van der Waals surface area contributed by atoms with Crippen LogP contribution in [0.15, 0.2) is 18.2 Å². The highest BCUT2D eigenvalue weighted by atomic mass is 19.1. The van der Waals surface area contributed by atoms with E-state index in [2.05, 4.69) is 20.5 Å². The zero-order valence-corrected chi connectivity index (χ0v) is 10.4. The Morgan fingerprint density at radius 1 is 1.26 bits per heavy atom. The van der Waals surface area contributed by atoms with Crippen LogP contribution in [0.2, 0.25) is 0 Å². The molecule has 6 nitrogen and oxygen atoms in total. The minimum Gasteiger partial charge on any atom is -0.399 e. The Morgan fingerprint density at radius 3 is 2.68 bits per heavy atom. The second kappa shape index (κ2) is 4.97. The lowest BCUT2D eigenvalue weighted by Crippen LogP contribution is -2.17. The molecule has 3 N–H and O–H groups in total. The standard InChI is InChI=1S/C12H12FN5O/c1-6-7(2)17-18-12(15-6)16-11(19)9-5-8(14)3-4-10(9)13/h3-5H,14H2,1-2H3,(H,15,16,18,19). The minimum atomic E-state index is -0.671. The number of halogens is 1. The molecule has 1 amide bonds. The van der Waals surface area contributed by atoms with Gasteiger partial charge >= 0.3 is 0 Å². The first-order valence-electron chi connectivity index (χ1n) is 5.51. The van der Waals surface area contributed by atoms with Crippen molar-refractivity contribution in [1.29, 1.82) is 0 Å². The smallest absolute Gasteiger partial charge is 0.261 e. The maximum absolute atomic E-state index is 13.5. The van der Waals surface area contributed by atoms with Gasteiger partial charge in [-0.3, -0.25) is 10.1 Å². The fourth-order valence-electron chi connectivity index (χ4n) is 1.40. The summed E-state index contributed by atoms with van der Waals surface area (Å²) < 4.78 is 13.5. The van der Waals surface area contributed by atoms with Crippen LogP contribution >= 0.6 is 0 Å². The van der Waals surface area contributed by atoms with Gasteiger partial charge in [0.2, 0.25) is 5.95 Å². The summed E-state index contributed by atoms with van der Waals surface area (Å²) in [6.45, 7) is 3.49. The highest BCUT2D eigenvalue weighted by molar-refractivity contribution is 6.04. The van der Waals surface area contributed by atoms with Crippen LogP contribution in [-0.2, 0) is 0 Å². The number of amides is 1. The second-order valence-electron chi connectivity index (χ2n) is 4.00. The van der Waals surface area contributed by atoms with Gasteiger partial charge in [0.15, 0.2) is 0 Å². The molecule has 0 saturated heterocycles. The van der Waals surface area contributed by atoms with Crippen LogP contribution in [0.4, 0.5) is 16.0 Å². The monoisotopic (exact) mass is 261 g/mol. The molecular formula is C12H12FN5O. The third-order valence-corrected chi connectivity index (χ3v) is 2.55. The van der Waals surface area contributed by atoms with Crippen molar-refractivity contribution in [1.82, 2.24) is 15.2 Å². The number of carbonyl (C=O) groups is 1. The Hall–Kier alpha value is -2.57. The molecule has 2 aromatic rings. The van der Waals surface area contributed by atoms with E-state index in [0.29, 0.717) is 17.1 Å². The van der Waals surface area contributed by atoms with Crippen molar-refractivity contribution < 1.29 is 9.18 Å². The predicted octanol–water partition coefficient (Wildman–Crippen LogP) is 1.46. The van der Waals surface area contributed by atoms with Crippen molar-refractivity contribution in [3.8, 4) is 0 Å². The van der Waals surface area contributed by atoms with Gasteiger partial charge in [0.05, 0.1) is 17.0 Å². The number of nitrogen functional groups attached to an aromatic ring is 1. The molecule has 0 saturated carbocycles. The first-order valence-corrected chi connectivity index (χ1v) is 5.51. The largest absolute Gasteiger partial charge is 0.399 e. The van der Waals surface area contributed by atoms with Gasteiger partial charge in [0, 0.05) is 5.69 Å². The zero-order valence-electron chi connectivity index (χ0n) is 10.4. The van der Waals surface area contributed by atoms with Gasteiger partial charge in [0.1, 0.15) is 5.82 Å². The van der Waals surface area contributed by atoms with E-state index in [-0.39, 0.29) is 11.5 Å². The van der Waals surface area contributed by atoms with Crippen LogP contribution in [0.1, 0.15) is 21.7 Å². The Kier molecular flexibility index (Phi) is 3.37. The van der Waals surface area contributed by atoms with Crippen LogP contribution in [0, 0.1) is 19.7 Å². The normalized spacial score (nSPS) is 10.3. The molecule has 0 unspecified atom stereocenters. The summed E-state index contributed by atoms with van der Waals surface area (Å²) in [5.74, 6) is -1.31. The van der Waals surface area contributed by atoms with Gasteiger partial charge in [-0.1, -0.05) is 0 Å². The summed E-state index contributed by atoms with van der Waals surface area (Å²) in [5.41, 5.74) is 6.94. The van der Waals surface area contributed by atoms with Gasteiger partial charge in [-0.2, -0.15) is 5.10 Å². The molecule has 1 aromatic carbocycles. The van der Waals surface area contributed by atoms with Crippen LogP contribution in [-0.4, -0.2) is 21.1 Å². The van der Waals surface area contributed by atoms with Gasteiger partial charge in [-0.25, -0.2) is 9.37 Å². The molecule has 0 spiro atoms. The average molecular weight is 261 g/mol. The lowest BCUT2D eigenvalue weighted by Gasteiger charge is -2.06. The van der Waals surface area contributed by atoms with Crippen LogP contribution in [0.3, 0.4) is 0 Å². The van der Waals surface area contributed by atoms with E-state index in [9.17, 15) is 9.18 Å².